The van der Waals surface area contributed by atoms with Crippen molar-refractivity contribution in [2.24, 2.45) is 0 Å². The second-order valence-corrected chi connectivity index (χ2v) is 22.3. The van der Waals surface area contributed by atoms with Gasteiger partial charge < -0.3 is 4.90 Å². The van der Waals surface area contributed by atoms with Crippen molar-refractivity contribution in [2.45, 2.75) is 38.5 Å². The van der Waals surface area contributed by atoms with Crippen molar-refractivity contribution >= 4 is 108 Å². The zero-order valence-electron chi connectivity index (χ0n) is 38.0. The summed E-state index contributed by atoms with van der Waals surface area (Å²) in [6.45, 7) is 7.11. The molecule has 1 nitrogen and oxygen atoms in total. The summed E-state index contributed by atoms with van der Waals surface area (Å²) in [6, 6.07) is 70.7. The zero-order valence-corrected chi connectivity index (χ0v) is 40.5. The molecule has 0 saturated heterocycles. The van der Waals surface area contributed by atoms with Crippen molar-refractivity contribution in [1.29, 1.82) is 0 Å². The molecule has 0 spiro atoms. The van der Waals surface area contributed by atoms with Crippen molar-refractivity contribution in [2.75, 3.05) is 4.90 Å². The molecule has 9 aromatic carbocycles. The number of fused-ring (bicyclic) bond motifs is 13. The van der Waals surface area contributed by atoms with E-state index < -0.39 is 0 Å². The molecule has 4 heteroatoms. The summed E-state index contributed by atoms with van der Waals surface area (Å²) in [4.78, 5) is 3.92. The third kappa shape index (κ3) is 5.97. The van der Waals surface area contributed by atoms with E-state index >= 15 is 0 Å². The van der Waals surface area contributed by atoms with Gasteiger partial charge in [0.05, 0.1) is 0 Å². The third-order valence-corrected chi connectivity index (χ3v) is 18.9. The number of allylic oxidation sites excluding steroid dienone is 1. The SMILES string of the molecule is CC1CC=Cc2c1sc1c(-c3ccc(N(c4ccc(-c5cccc6c5sc5ccccc56)cc4)c4ccc(-c5cccc6c5sc5c7c(ccc56)C(C)(C)c5ccccc5-7)cc4)cc3)cccc21. The van der Waals surface area contributed by atoms with E-state index in [9.17, 15) is 0 Å². The Hall–Kier alpha value is -7.08. The quantitative estimate of drug-likeness (QED) is 0.161. The maximum Gasteiger partial charge on any atom is 0.0462 e. The number of nitrogens with zero attached hydrogens (tertiary/aromatic N) is 1. The monoisotopic (exact) mass is 923 g/mol. The number of thiophene rings is 3. The topological polar surface area (TPSA) is 3.24 Å². The van der Waals surface area contributed by atoms with Gasteiger partial charge in [-0.3, -0.25) is 0 Å². The van der Waals surface area contributed by atoms with Crippen LogP contribution >= 0.6 is 34.0 Å². The van der Waals surface area contributed by atoms with Gasteiger partial charge in [-0.25, -0.2) is 0 Å². The summed E-state index contributed by atoms with van der Waals surface area (Å²) in [5, 5.41) is 6.69. The summed E-state index contributed by atoms with van der Waals surface area (Å²) >= 11 is 5.82. The Balaban J connectivity index is 0.871. The average molecular weight is 924 g/mol. The molecular weight excluding hydrogens is 879 g/mol. The van der Waals surface area contributed by atoms with Gasteiger partial charge in [0, 0.05) is 83.3 Å². The van der Waals surface area contributed by atoms with Crippen LogP contribution in [0.25, 0.3) is 101 Å². The smallest absolute Gasteiger partial charge is 0.0462 e. The van der Waals surface area contributed by atoms with Crippen molar-refractivity contribution in [3.05, 3.63) is 216 Å². The first-order valence-corrected chi connectivity index (χ1v) is 26.2. The molecule has 1 unspecified atom stereocenters. The average Bonchev–Trinajstić information content (AvgIpc) is 4.14. The Bertz CT molecular complexity index is 4030. The van der Waals surface area contributed by atoms with Gasteiger partial charge in [0.25, 0.3) is 0 Å². The highest BCUT2D eigenvalue weighted by molar-refractivity contribution is 7.27. The number of hydrogen-bond acceptors (Lipinski definition) is 4. The molecule has 3 heterocycles. The Morgan fingerprint density at radius 2 is 0.926 bits per heavy atom. The molecule has 0 N–H and O–H groups in total. The Morgan fingerprint density at radius 1 is 0.426 bits per heavy atom. The lowest BCUT2D eigenvalue weighted by atomic mass is 9.82. The van der Waals surface area contributed by atoms with E-state index in [1.807, 2.05) is 34.0 Å². The number of hydrogen-bond donors (Lipinski definition) is 0. The molecule has 0 aliphatic heterocycles. The summed E-state index contributed by atoms with van der Waals surface area (Å²) < 4.78 is 6.78. The van der Waals surface area contributed by atoms with E-state index in [0.717, 1.165) is 23.5 Å². The molecule has 2 aliphatic carbocycles. The van der Waals surface area contributed by atoms with Crippen LogP contribution in [0.15, 0.2) is 194 Å². The Kier molecular flexibility index (Phi) is 8.96. The van der Waals surface area contributed by atoms with Crippen LogP contribution in [0.3, 0.4) is 0 Å². The standard InChI is InChI=1S/C64H45NS3/c1-38-12-8-18-50-51-20-10-16-46(61(51)67-59(38)50)40-26-32-43(33-27-40)65(42-30-24-39(25-31-42)45-15-9-19-49-48-13-5-7-23-57(48)66-60(45)49)44-34-28-41(29-35-44)47-17-11-21-52-53-36-37-56-58(63(53)68-62(47)52)54-14-4-6-22-55(54)64(56,2)3/h4-11,13-38H,12H2,1-3H3. The molecule has 14 rings (SSSR count). The van der Waals surface area contributed by atoms with E-state index in [0.29, 0.717) is 5.92 Å². The first-order chi connectivity index (χ1) is 33.4. The van der Waals surface area contributed by atoms with Gasteiger partial charge in [0.15, 0.2) is 0 Å². The second-order valence-electron chi connectivity index (χ2n) is 19.2. The molecule has 2 aliphatic rings. The molecule has 1 atom stereocenters. The maximum absolute atomic E-state index is 2.41. The zero-order chi connectivity index (χ0) is 45.3. The first kappa shape index (κ1) is 40.0. The van der Waals surface area contributed by atoms with Gasteiger partial charge in [-0.2, -0.15) is 0 Å². The number of anilines is 3. The maximum atomic E-state index is 2.41. The van der Waals surface area contributed by atoms with Gasteiger partial charge in [0.1, 0.15) is 0 Å². The fourth-order valence-electron chi connectivity index (χ4n) is 11.5. The molecule has 0 fully saturated rings. The summed E-state index contributed by atoms with van der Waals surface area (Å²) in [5.41, 5.74) is 17.9. The first-order valence-electron chi connectivity index (χ1n) is 23.7. The van der Waals surface area contributed by atoms with Gasteiger partial charge in [-0.05, 0) is 110 Å². The molecular formula is C64H45NS3. The van der Waals surface area contributed by atoms with Crippen LogP contribution in [0.4, 0.5) is 17.1 Å². The highest BCUT2D eigenvalue weighted by Crippen LogP contribution is 2.55. The second kappa shape index (κ2) is 15.2. The highest BCUT2D eigenvalue weighted by atomic mass is 32.1. The van der Waals surface area contributed by atoms with Crippen LogP contribution in [0.5, 0.6) is 0 Å². The van der Waals surface area contributed by atoms with Crippen molar-refractivity contribution in [3.8, 4) is 44.5 Å². The van der Waals surface area contributed by atoms with Gasteiger partial charge >= 0.3 is 0 Å². The Morgan fingerprint density at radius 3 is 1.57 bits per heavy atom. The molecule has 0 saturated carbocycles. The molecule has 324 valence electrons. The van der Waals surface area contributed by atoms with Crippen LogP contribution in [-0.4, -0.2) is 0 Å². The van der Waals surface area contributed by atoms with Gasteiger partial charge in [-0.1, -0.05) is 179 Å². The summed E-state index contributed by atoms with van der Waals surface area (Å²) in [6.07, 6.45) is 5.79. The lowest BCUT2D eigenvalue weighted by Crippen LogP contribution is -2.14. The fraction of sp³-hybridized carbons (Fsp3) is 0.0938. The molecule has 0 amide bonds. The molecule has 68 heavy (non-hydrogen) atoms. The summed E-state index contributed by atoms with van der Waals surface area (Å²) in [5.74, 6) is 0.552. The largest absolute Gasteiger partial charge is 0.311 e. The fourth-order valence-corrected chi connectivity index (χ4v) is 15.5. The molecule has 0 radical (unpaired) electrons. The predicted octanol–water partition coefficient (Wildman–Crippen LogP) is 19.9. The van der Waals surface area contributed by atoms with Gasteiger partial charge in [0.2, 0.25) is 0 Å². The normalized spacial score (nSPS) is 14.8. The van der Waals surface area contributed by atoms with E-state index in [1.165, 1.54) is 117 Å². The molecule has 12 aromatic rings. The van der Waals surface area contributed by atoms with Crippen LogP contribution in [0.1, 0.15) is 54.7 Å². The predicted molar refractivity (Wildman–Crippen MR) is 298 cm³/mol. The van der Waals surface area contributed by atoms with E-state index in [2.05, 4.69) is 226 Å². The minimum absolute atomic E-state index is 0.0249. The van der Waals surface area contributed by atoms with Crippen LogP contribution in [-0.2, 0) is 5.41 Å². The van der Waals surface area contributed by atoms with Crippen LogP contribution < -0.4 is 4.90 Å². The Labute approximate surface area is 408 Å². The minimum Gasteiger partial charge on any atom is -0.311 e. The van der Waals surface area contributed by atoms with E-state index in [4.69, 9.17) is 0 Å². The lowest BCUT2D eigenvalue weighted by Gasteiger charge is -2.26. The van der Waals surface area contributed by atoms with E-state index in [1.54, 1.807) is 0 Å². The van der Waals surface area contributed by atoms with E-state index in [-0.39, 0.29) is 5.41 Å². The minimum atomic E-state index is -0.0249. The van der Waals surface area contributed by atoms with Crippen LogP contribution in [0, 0.1) is 0 Å². The van der Waals surface area contributed by atoms with Gasteiger partial charge in [-0.15, -0.1) is 34.0 Å². The number of rotatable bonds is 6. The molecule has 3 aromatic heterocycles. The third-order valence-electron chi connectivity index (χ3n) is 14.9. The number of benzene rings is 9. The van der Waals surface area contributed by atoms with Crippen LogP contribution in [0.2, 0.25) is 0 Å². The summed E-state index contributed by atoms with van der Waals surface area (Å²) in [7, 11) is 0. The van der Waals surface area contributed by atoms with Crippen molar-refractivity contribution < 1.29 is 0 Å². The highest BCUT2D eigenvalue weighted by Gasteiger charge is 2.37. The van der Waals surface area contributed by atoms with Crippen molar-refractivity contribution in [3.63, 3.8) is 0 Å². The lowest BCUT2D eigenvalue weighted by molar-refractivity contribution is 0.661. The van der Waals surface area contributed by atoms with Crippen molar-refractivity contribution in [1.82, 2.24) is 0 Å². The molecule has 0 bridgehead atoms.